The number of aromatic nitrogens is 1. The molecule has 0 saturated carbocycles. The fraction of sp³-hybridized carbons (Fsp3) is 0.344. The van der Waals surface area contributed by atoms with E-state index in [2.05, 4.69) is 55.8 Å². The lowest BCUT2D eigenvalue weighted by Crippen LogP contribution is -2.08. The van der Waals surface area contributed by atoms with Crippen molar-refractivity contribution in [2.45, 2.75) is 64.9 Å². The van der Waals surface area contributed by atoms with Crippen LogP contribution in [0.25, 0.3) is 28.3 Å². The SMILES string of the molecule is C=CCc1ccc(-c2ccc(-c3ccc(/C=C/CCCC(C)OCCCCC)nc3)cc2)cc1F. The largest absolute Gasteiger partial charge is 0.379 e. The summed E-state index contributed by atoms with van der Waals surface area (Å²) < 4.78 is 20.1. The Morgan fingerprint density at radius 1 is 0.943 bits per heavy atom. The summed E-state index contributed by atoms with van der Waals surface area (Å²) in [5.74, 6) is -0.190. The first-order valence-electron chi connectivity index (χ1n) is 12.8. The number of allylic oxidation sites excluding steroid dienone is 2. The standard InChI is InChI=1S/C32H38FNO/c1-4-6-10-22-35-25(3)12-8-7-9-13-31-21-20-30(24-34-31)27-16-14-26(15-17-27)29-19-18-28(11-5-2)32(33)23-29/h5,9,13-21,23-25H,2,4,6-8,10-12,22H2,1,3H3/b13-9+. The summed E-state index contributed by atoms with van der Waals surface area (Å²) in [4.78, 5) is 4.60. The molecule has 0 bridgehead atoms. The van der Waals surface area contributed by atoms with Gasteiger partial charge in [0.05, 0.1) is 11.8 Å². The Labute approximate surface area is 210 Å². The topological polar surface area (TPSA) is 22.1 Å². The molecule has 0 aliphatic rings. The molecule has 3 rings (SSSR count). The fourth-order valence-electron chi connectivity index (χ4n) is 4.02. The van der Waals surface area contributed by atoms with Crippen LogP contribution in [-0.2, 0) is 11.2 Å². The van der Waals surface area contributed by atoms with Gasteiger partial charge in [-0.25, -0.2) is 4.39 Å². The molecule has 2 aromatic carbocycles. The first-order chi connectivity index (χ1) is 17.1. The van der Waals surface area contributed by atoms with E-state index in [1.807, 2.05) is 36.5 Å². The Morgan fingerprint density at radius 2 is 1.66 bits per heavy atom. The molecule has 1 unspecified atom stereocenters. The molecule has 0 radical (unpaired) electrons. The van der Waals surface area contributed by atoms with Gasteiger partial charge in [0.1, 0.15) is 5.82 Å². The van der Waals surface area contributed by atoms with Crippen LogP contribution >= 0.6 is 0 Å². The molecule has 0 saturated heterocycles. The van der Waals surface area contributed by atoms with E-state index in [-0.39, 0.29) is 5.82 Å². The molecule has 0 fully saturated rings. The van der Waals surface area contributed by atoms with Gasteiger partial charge in [-0.1, -0.05) is 74.4 Å². The number of nitrogens with zero attached hydrogens (tertiary/aromatic N) is 1. The molecule has 0 amide bonds. The summed E-state index contributed by atoms with van der Waals surface area (Å²) in [7, 11) is 0. The van der Waals surface area contributed by atoms with Crippen LogP contribution in [0, 0.1) is 5.82 Å². The normalized spacial score (nSPS) is 12.2. The number of hydrogen-bond donors (Lipinski definition) is 0. The molecular weight excluding hydrogens is 433 g/mol. The van der Waals surface area contributed by atoms with Crippen LogP contribution in [-0.4, -0.2) is 17.7 Å². The molecule has 1 atom stereocenters. The highest BCUT2D eigenvalue weighted by Gasteiger charge is 2.06. The lowest BCUT2D eigenvalue weighted by molar-refractivity contribution is 0.0566. The van der Waals surface area contributed by atoms with Crippen molar-refractivity contribution < 1.29 is 9.13 Å². The molecule has 1 aromatic heterocycles. The van der Waals surface area contributed by atoms with E-state index in [0.717, 1.165) is 60.2 Å². The van der Waals surface area contributed by atoms with Gasteiger partial charge in [-0.2, -0.15) is 0 Å². The van der Waals surface area contributed by atoms with Crippen LogP contribution in [0.2, 0.25) is 0 Å². The highest BCUT2D eigenvalue weighted by molar-refractivity contribution is 5.70. The smallest absolute Gasteiger partial charge is 0.127 e. The van der Waals surface area contributed by atoms with E-state index in [1.165, 1.54) is 12.8 Å². The molecule has 3 heteroatoms. The van der Waals surface area contributed by atoms with Crippen LogP contribution < -0.4 is 0 Å². The molecule has 0 spiro atoms. The highest BCUT2D eigenvalue weighted by Crippen LogP contribution is 2.26. The van der Waals surface area contributed by atoms with Gasteiger partial charge < -0.3 is 4.74 Å². The Morgan fingerprint density at radius 3 is 2.31 bits per heavy atom. The number of rotatable bonds is 14. The minimum absolute atomic E-state index is 0.190. The zero-order chi connectivity index (χ0) is 24.9. The van der Waals surface area contributed by atoms with Crippen molar-refractivity contribution in [3.8, 4) is 22.3 Å². The second-order valence-corrected chi connectivity index (χ2v) is 9.07. The van der Waals surface area contributed by atoms with Crippen molar-refractivity contribution >= 4 is 6.08 Å². The maximum Gasteiger partial charge on any atom is 0.127 e. The van der Waals surface area contributed by atoms with Gasteiger partial charge in [-0.3, -0.25) is 4.98 Å². The number of halogens is 1. The maximum absolute atomic E-state index is 14.3. The Kier molecular flexibility index (Phi) is 10.9. The summed E-state index contributed by atoms with van der Waals surface area (Å²) in [5.41, 5.74) is 5.65. The highest BCUT2D eigenvalue weighted by atomic mass is 19.1. The molecule has 3 aromatic rings. The number of unbranched alkanes of at least 4 members (excludes halogenated alkanes) is 3. The third-order valence-electron chi connectivity index (χ3n) is 6.18. The van der Waals surface area contributed by atoms with Gasteiger partial charge in [-0.05, 0) is 79.5 Å². The molecule has 0 N–H and O–H groups in total. The van der Waals surface area contributed by atoms with E-state index in [0.29, 0.717) is 18.1 Å². The van der Waals surface area contributed by atoms with Crippen molar-refractivity contribution in [1.82, 2.24) is 4.98 Å². The number of ether oxygens (including phenoxy) is 1. The van der Waals surface area contributed by atoms with Crippen LogP contribution in [0.4, 0.5) is 4.39 Å². The quantitative estimate of drug-likeness (QED) is 0.173. The fourth-order valence-corrected chi connectivity index (χ4v) is 4.02. The lowest BCUT2D eigenvalue weighted by atomic mass is 9.99. The van der Waals surface area contributed by atoms with Gasteiger partial charge in [0.15, 0.2) is 0 Å². The third-order valence-corrected chi connectivity index (χ3v) is 6.18. The Hall–Kier alpha value is -3.04. The average molecular weight is 472 g/mol. The summed E-state index contributed by atoms with van der Waals surface area (Å²) >= 11 is 0. The van der Waals surface area contributed by atoms with Crippen molar-refractivity contribution in [2.75, 3.05) is 6.61 Å². The van der Waals surface area contributed by atoms with Gasteiger partial charge in [0.2, 0.25) is 0 Å². The summed E-state index contributed by atoms with van der Waals surface area (Å²) in [6.45, 7) is 8.94. The van der Waals surface area contributed by atoms with Gasteiger partial charge in [-0.15, -0.1) is 6.58 Å². The maximum atomic E-state index is 14.3. The van der Waals surface area contributed by atoms with Crippen molar-refractivity contribution in [1.29, 1.82) is 0 Å². The van der Waals surface area contributed by atoms with Crippen molar-refractivity contribution in [3.63, 3.8) is 0 Å². The molecular formula is C32H38FNO. The van der Waals surface area contributed by atoms with Crippen LogP contribution in [0.15, 0.2) is 79.5 Å². The second-order valence-electron chi connectivity index (χ2n) is 9.07. The second kappa shape index (κ2) is 14.4. The number of pyridine rings is 1. The monoisotopic (exact) mass is 471 g/mol. The van der Waals surface area contributed by atoms with E-state index >= 15 is 0 Å². The number of benzene rings is 2. The van der Waals surface area contributed by atoms with Crippen molar-refractivity contribution in [2.24, 2.45) is 0 Å². The summed E-state index contributed by atoms with van der Waals surface area (Å²) in [5, 5.41) is 0. The van der Waals surface area contributed by atoms with E-state index in [1.54, 1.807) is 12.1 Å². The van der Waals surface area contributed by atoms with Crippen LogP contribution in [0.5, 0.6) is 0 Å². The predicted octanol–water partition coefficient (Wildman–Crippen LogP) is 9.06. The molecule has 0 aliphatic heterocycles. The number of hydrogen-bond acceptors (Lipinski definition) is 2. The predicted molar refractivity (Wildman–Crippen MR) is 147 cm³/mol. The zero-order valence-electron chi connectivity index (χ0n) is 21.2. The third kappa shape index (κ3) is 8.60. The minimum Gasteiger partial charge on any atom is -0.379 e. The van der Waals surface area contributed by atoms with E-state index in [9.17, 15) is 4.39 Å². The molecule has 35 heavy (non-hydrogen) atoms. The van der Waals surface area contributed by atoms with E-state index < -0.39 is 0 Å². The summed E-state index contributed by atoms with van der Waals surface area (Å²) in [6, 6.07) is 17.7. The zero-order valence-corrected chi connectivity index (χ0v) is 21.2. The Balaban J connectivity index is 1.49. The molecule has 184 valence electrons. The van der Waals surface area contributed by atoms with E-state index in [4.69, 9.17) is 4.74 Å². The molecule has 2 nitrogen and oxygen atoms in total. The molecule has 1 heterocycles. The lowest BCUT2D eigenvalue weighted by Gasteiger charge is -2.11. The first-order valence-corrected chi connectivity index (χ1v) is 12.8. The van der Waals surface area contributed by atoms with Gasteiger partial charge in [0.25, 0.3) is 0 Å². The van der Waals surface area contributed by atoms with Crippen LogP contribution in [0.1, 0.15) is 63.6 Å². The van der Waals surface area contributed by atoms with Crippen LogP contribution in [0.3, 0.4) is 0 Å². The summed E-state index contributed by atoms with van der Waals surface area (Å²) in [6.07, 6.45) is 15.7. The van der Waals surface area contributed by atoms with Crippen molar-refractivity contribution in [3.05, 3.63) is 96.6 Å². The van der Waals surface area contributed by atoms with Gasteiger partial charge >= 0.3 is 0 Å². The first kappa shape index (κ1) is 26.6. The molecule has 0 aliphatic carbocycles. The average Bonchev–Trinajstić information content (AvgIpc) is 2.88. The van der Waals surface area contributed by atoms with Gasteiger partial charge in [0, 0.05) is 18.4 Å². The minimum atomic E-state index is -0.190. The Bertz CT molecular complexity index is 1070.